The molecule has 6 nitrogen and oxygen atoms in total. The van der Waals surface area contributed by atoms with Crippen molar-refractivity contribution in [2.45, 2.75) is 13.3 Å². The van der Waals surface area contributed by atoms with Crippen molar-refractivity contribution in [3.63, 3.8) is 0 Å². The van der Waals surface area contributed by atoms with Crippen LogP contribution in [0.15, 0.2) is 35.7 Å². The average molecular weight is 358 g/mol. The predicted octanol–water partition coefficient (Wildman–Crippen LogP) is 1.34. The molecule has 1 aliphatic heterocycles. The lowest BCUT2D eigenvalue weighted by Crippen LogP contribution is -2.50. The summed E-state index contributed by atoms with van der Waals surface area (Å²) in [6.07, 6.45) is 2.11. The van der Waals surface area contributed by atoms with E-state index < -0.39 is 20.0 Å². The van der Waals surface area contributed by atoms with Crippen LogP contribution in [0, 0.1) is 0 Å². The van der Waals surface area contributed by atoms with Gasteiger partial charge in [0.15, 0.2) is 0 Å². The van der Waals surface area contributed by atoms with Crippen molar-refractivity contribution in [3.05, 3.63) is 41.3 Å². The lowest BCUT2D eigenvalue weighted by Gasteiger charge is -2.32. The normalized spacial score (nSPS) is 18.5. The average Bonchev–Trinajstić information content (AvgIpc) is 2.54. The van der Waals surface area contributed by atoms with Gasteiger partial charge in [0.1, 0.15) is 0 Å². The van der Waals surface area contributed by atoms with Gasteiger partial charge in [-0.1, -0.05) is 37.3 Å². The van der Waals surface area contributed by atoms with Crippen LogP contribution >= 0.6 is 0 Å². The van der Waals surface area contributed by atoms with E-state index in [1.54, 1.807) is 6.08 Å². The smallest absolute Gasteiger partial charge is 0.212 e. The molecule has 1 fully saturated rings. The van der Waals surface area contributed by atoms with Crippen molar-refractivity contribution >= 4 is 26.1 Å². The van der Waals surface area contributed by atoms with E-state index in [9.17, 15) is 16.8 Å². The summed E-state index contributed by atoms with van der Waals surface area (Å²) < 4.78 is 51.3. The maximum absolute atomic E-state index is 12.3. The molecule has 0 atom stereocenters. The third-order valence-corrected chi connectivity index (χ3v) is 7.29. The van der Waals surface area contributed by atoms with Gasteiger partial charge in [0.25, 0.3) is 0 Å². The fourth-order valence-corrected chi connectivity index (χ4v) is 5.07. The van der Waals surface area contributed by atoms with Crippen molar-refractivity contribution in [1.29, 1.82) is 0 Å². The zero-order valence-electron chi connectivity index (χ0n) is 13.1. The summed E-state index contributed by atoms with van der Waals surface area (Å²) in [5.41, 5.74) is 0.806. The fraction of sp³-hybridized carbons (Fsp3) is 0.467. The van der Waals surface area contributed by atoms with Gasteiger partial charge in [-0.25, -0.2) is 16.8 Å². The van der Waals surface area contributed by atoms with E-state index in [-0.39, 0.29) is 31.9 Å². The topological polar surface area (TPSA) is 74.8 Å². The third kappa shape index (κ3) is 4.87. The van der Waals surface area contributed by atoms with E-state index >= 15 is 0 Å². The largest absolute Gasteiger partial charge is 0.236 e. The first-order chi connectivity index (χ1) is 10.8. The summed E-state index contributed by atoms with van der Waals surface area (Å²) in [7, 11) is -6.80. The highest BCUT2D eigenvalue weighted by molar-refractivity contribution is 7.92. The van der Waals surface area contributed by atoms with Crippen molar-refractivity contribution in [2.75, 3.05) is 31.9 Å². The van der Waals surface area contributed by atoms with E-state index in [0.29, 0.717) is 6.42 Å². The lowest BCUT2D eigenvalue weighted by molar-refractivity contribution is 0.275. The SMILES string of the molecule is CCCS(=O)(=O)N1CCN(S(=O)(=O)C=Cc2ccccc2)CC1. The number of hydrogen-bond acceptors (Lipinski definition) is 4. The molecule has 1 heterocycles. The zero-order chi connectivity index (χ0) is 16.9. The molecular weight excluding hydrogens is 336 g/mol. The van der Waals surface area contributed by atoms with Crippen LogP contribution in [0.3, 0.4) is 0 Å². The van der Waals surface area contributed by atoms with Gasteiger partial charge in [-0.05, 0) is 18.1 Å². The molecule has 8 heteroatoms. The minimum absolute atomic E-state index is 0.105. The highest BCUT2D eigenvalue weighted by Gasteiger charge is 2.30. The van der Waals surface area contributed by atoms with Gasteiger partial charge in [0.05, 0.1) is 5.75 Å². The molecule has 0 radical (unpaired) electrons. The Morgan fingerprint density at radius 3 is 2.09 bits per heavy atom. The molecule has 1 aromatic carbocycles. The Hall–Kier alpha value is -1.22. The van der Waals surface area contributed by atoms with Crippen LogP contribution in [-0.2, 0) is 20.0 Å². The molecule has 1 saturated heterocycles. The zero-order valence-corrected chi connectivity index (χ0v) is 14.8. The third-order valence-electron chi connectivity index (χ3n) is 3.64. The van der Waals surface area contributed by atoms with Crippen LogP contribution in [0.4, 0.5) is 0 Å². The van der Waals surface area contributed by atoms with Crippen LogP contribution in [0.2, 0.25) is 0 Å². The molecule has 0 N–H and O–H groups in total. The van der Waals surface area contributed by atoms with Gasteiger partial charge >= 0.3 is 0 Å². The van der Waals surface area contributed by atoms with Crippen LogP contribution in [0.25, 0.3) is 6.08 Å². The molecule has 0 amide bonds. The summed E-state index contributed by atoms with van der Waals surface area (Å²) in [5.74, 6) is 0.105. The molecular formula is C15H22N2O4S2. The Bertz CT molecular complexity index is 735. The first-order valence-electron chi connectivity index (χ1n) is 7.56. The molecule has 0 aliphatic carbocycles. The van der Waals surface area contributed by atoms with Gasteiger partial charge in [0, 0.05) is 31.6 Å². The molecule has 1 aromatic rings. The lowest BCUT2D eigenvalue weighted by atomic mass is 10.2. The second kappa shape index (κ2) is 7.57. The Morgan fingerprint density at radius 2 is 1.52 bits per heavy atom. The summed E-state index contributed by atoms with van der Waals surface area (Å²) in [5, 5.41) is 1.18. The quantitative estimate of drug-likeness (QED) is 0.769. The summed E-state index contributed by atoms with van der Waals surface area (Å²) in [6, 6.07) is 9.18. The fourth-order valence-electron chi connectivity index (χ4n) is 2.40. The number of hydrogen-bond donors (Lipinski definition) is 0. The molecule has 23 heavy (non-hydrogen) atoms. The number of nitrogens with zero attached hydrogens (tertiary/aromatic N) is 2. The van der Waals surface area contributed by atoms with Gasteiger partial charge in [-0.2, -0.15) is 8.61 Å². The second-order valence-electron chi connectivity index (χ2n) is 5.37. The van der Waals surface area contributed by atoms with Crippen molar-refractivity contribution in [3.8, 4) is 0 Å². The van der Waals surface area contributed by atoms with E-state index in [1.807, 2.05) is 37.3 Å². The minimum atomic E-state index is -3.53. The van der Waals surface area contributed by atoms with Crippen LogP contribution < -0.4 is 0 Å². The van der Waals surface area contributed by atoms with Crippen molar-refractivity contribution < 1.29 is 16.8 Å². The second-order valence-corrected chi connectivity index (χ2v) is 9.28. The van der Waals surface area contributed by atoms with E-state index in [2.05, 4.69) is 0 Å². The summed E-state index contributed by atoms with van der Waals surface area (Å²) in [4.78, 5) is 0. The van der Waals surface area contributed by atoms with Crippen LogP contribution in [0.5, 0.6) is 0 Å². The molecule has 0 aromatic heterocycles. The number of rotatable bonds is 6. The molecule has 0 saturated carbocycles. The molecule has 0 bridgehead atoms. The number of piperazine rings is 1. The Labute approximate surface area is 138 Å². The van der Waals surface area contributed by atoms with Gasteiger partial charge in [-0.3, -0.25) is 0 Å². The Kier molecular flexibility index (Phi) is 5.96. The number of sulfonamides is 2. The maximum atomic E-state index is 12.3. The van der Waals surface area contributed by atoms with Crippen molar-refractivity contribution in [2.24, 2.45) is 0 Å². The molecule has 0 spiro atoms. The first kappa shape index (κ1) is 18.1. The van der Waals surface area contributed by atoms with E-state index in [1.165, 1.54) is 14.0 Å². The van der Waals surface area contributed by atoms with Gasteiger partial charge < -0.3 is 0 Å². The van der Waals surface area contributed by atoms with Crippen LogP contribution in [0.1, 0.15) is 18.9 Å². The van der Waals surface area contributed by atoms with Gasteiger partial charge in [0.2, 0.25) is 20.0 Å². The van der Waals surface area contributed by atoms with E-state index in [0.717, 1.165) is 5.56 Å². The highest BCUT2D eigenvalue weighted by Crippen LogP contribution is 2.14. The monoisotopic (exact) mass is 358 g/mol. The highest BCUT2D eigenvalue weighted by atomic mass is 32.2. The Balaban J connectivity index is 2.00. The maximum Gasteiger partial charge on any atom is 0.236 e. The predicted molar refractivity (Wildman–Crippen MR) is 91.6 cm³/mol. The Morgan fingerprint density at radius 1 is 0.957 bits per heavy atom. The number of benzene rings is 1. The van der Waals surface area contributed by atoms with Crippen molar-refractivity contribution in [1.82, 2.24) is 8.61 Å². The van der Waals surface area contributed by atoms with Crippen LogP contribution in [-0.4, -0.2) is 57.4 Å². The molecule has 0 unspecified atom stereocenters. The summed E-state index contributed by atoms with van der Waals surface area (Å²) in [6.45, 7) is 2.60. The minimum Gasteiger partial charge on any atom is -0.212 e. The summed E-state index contributed by atoms with van der Waals surface area (Å²) >= 11 is 0. The molecule has 2 rings (SSSR count). The molecule has 1 aliphatic rings. The molecule has 128 valence electrons. The first-order valence-corrected chi connectivity index (χ1v) is 10.7. The standard InChI is InChI=1S/C15H22N2O4S2/c1-2-13-22(18,19)16-9-11-17(12-10-16)23(20,21)14-8-15-6-4-3-5-7-15/h3-8,14H,2,9-13H2,1H3. The van der Waals surface area contributed by atoms with E-state index in [4.69, 9.17) is 0 Å². The van der Waals surface area contributed by atoms with Gasteiger partial charge in [-0.15, -0.1) is 0 Å².